The highest BCUT2D eigenvalue weighted by molar-refractivity contribution is 6.07. The topological polar surface area (TPSA) is 105 Å². The Morgan fingerprint density at radius 1 is 1.00 bits per heavy atom. The van der Waals surface area contributed by atoms with E-state index in [-0.39, 0.29) is 17.9 Å². The zero-order valence-electron chi connectivity index (χ0n) is 16.9. The molecule has 2 heterocycles. The van der Waals surface area contributed by atoms with Crippen molar-refractivity contribution in [2.45, 2.75) is 0 Å². The van der Waals surface area contributed by atoms with Gasteiger partial charge in [-0.25, -0.2) is 9.78 Å². The lowest BCUT2D eigenvalue weighted by atomic mass is 10.00. The number of hydrogen-bond donors (Lipinski definition) is 3. The minimum atomic E-state index is -1.09. The van der Waals surface area contributed by atoms with Crippen molar-refractivity contribution in [3.05, 3.63) is 72.6 Å². The third kappa shape index (κ3) is 4.04. The number of aromatic carboxylic acids is 1. The molecule has 0 bridgehead atoms. The quantitative estimate of drug-likeness (QED) is 0.418. The number of aromatic nitrogens is 2. The normalized spacial score (nSPS) is 10.8. The van der Waals surface area contributed by atoms with Gasteiger partial charge in [0, 0.05) is 35.6 Å². The fraction of sp³-hybridized carbons (Fsp3) is 0.125. The Morgan fingerprint density at radius 2 is 1.65 bits per heavy atom. The van der Waals surface area contributed by atoms with Crippen LogP contribution in [-0.2, 0) is 0 Å². The first-order valence-corrected chi connectivity index (χ1v) is 9.73. The van der Waals surface area contributed by atoms with E-state index >= 15 is 0 Å². The predicted octanol–water partition coefficient (Wildman–Crippen LogP) is 4.07. The van der Waals surface area contributed by atoms with Gasteiger partial charge in [-0.1, -0.05) is 36.4 Å². The first-order chi connectivity index (χ1) is 15.1. The van der Waals surface area contributed by atoms with E-state index in [9.17, 15) is 9.90 Å². The zero-order chi connectivity index (χ0) is 21.8. The molecule has 156 valence electrons. The van der Waals surface area contributed by atoms with Crippen molar-refractivity contribution in [2.75, 3.05) is 25.6 Å². The van der Waals surface area contributed by atoms with E-state index in [1.165, 1.54) is 13.3 Å². The Labute approximate surface area is 179 Å². The molecule has 0 spiro atoms. The number of pyridine rings is 2. The predicted molar refractivity (Wildman–Crippen MR) is 119 cm³/mol. The van der Waals surface area contributed by atoms with Crippen molar-refractivity contribution in [2.24, 2.45) is 0 Å². The summed E-state index contributed by atoms with van der Waals surface area (Å²) in [4.78, 5) is 20.6. The van der Waals surface area contributed by atoms with Gasteiger partial charge in [0.2, 0.25) is 0 Å². The van der Waals surface area contributed by atoms with Gasteiger partial charge < -0.3 is 20.3 Å². The lowest BCUT2D eigenvalue weighted by molar-refractivity contribution is 0.0695. The molecule has 0 unspecified atom stereocenters. The molecule has 0 fully saturated rings. The van der Waals surface area contributed by atoms with Gasteiger partial charge in [0.1, 0.15) is 11.3 Å². The highest BCUT2D eigenvalue weighted by atomic mass is 16.5. The Hall–Kier alpha value is -3.97. The smallest absolute Gasteiger partial charge is 0.340 e. The minimum Gasteiger partial charge on any atom is -0.494 e. The van der Waals surface area contributed by atoms with E-state index in [1.54, 1.807) is 12.3 Å². The number of carboxylic acids is 1. The molecule has 4 aromatic rings. The average molecular weight is 415 g/mol. The number of carboxylic acid groups (broad SMARTS) is 1. The molecule has 4 rings (SSSR count). The summed E-state index contributed by atoms with van der Waals surface area (Å²) < 4.78 is 5.46. The van der Waals surface area contributed by atoms with Crippen LogP contribution in [0.1, 0.15) is 10.4 Å². The standard InChI is InChI=1S/C24H21N3O4/c1-31-23-21(24(29)30)19-14-25-11-10-20(19)27-22(23)17-4-2-15(3-5-17)16-6-8-18(9-7-16)26-12-13-28/h2-11,14,26,28H,12-13H2,1H3,(H,29,30). The van der Waals surface area contributed by atoms with Crippen LogP contribution in [0.15, 0.2) is 67.0 Å². The summed E-state index contributed by atoms with van der Waals surface area (Å²) in [6.45, 7) is 0.582. The number of anilines is 1. The van der Waals surface area contributed by atoms with Gasteiger partial charge in [-0.2, -0.15) is 0 Å². The van der Waals surface area contributed by atoms with Crippen molar-refractivity contribution in [1.29, 1.82) is 0 Å². The molecule has 0 amide bonds. The van der Waals surface area contributed by atoms with E-state index < -0.39 is 5.97 Å². The zero-order valence-corrected chi connectivity index (χ0v) is 16.9. The van der Waals surface area contributed by atoms with Crippen LogP contribution in [0.2, 0.25) is 0 Å². The molecule has 0 aliphatic rings. The van der Waals surface area contributed by atoms with E-state index in [1.807, 2.05) is 48.5 Å². The number of fused-ring (bicyclic) bond motifs is 1. The fourth-order valence-electron chi connectivity index (χ4n) is 3.50. The molecule has 0 radical (unpaired) electrons. The number of methoxy groups -OCH3 is 1. The summed E-state index contributed by atoms with van der Waals surface area (Å²) in [5.74, 6) is -0.884. The molecule has 0 aliphatic heterocycles. The molecular weight excluding hydrogens is 394 g/mol. The summed E-state index contributed by atoms with van der Waals surface area (Å²) in [7, 11) is 1.44. The number of aliphatic hydroxyl groups excluding tert-OH is 1. The number of nitrogens with one attached hydrogen (secondary N) is 1. The van der Waals surface area contributed by atoms with E-state index in [0.717, 1.165) is 22.4 Å². The second-order valence-electron chi connectivity index (χ2n) is 6.87. The summed E-state index contributed by atoms with van der Waals surface area (Å²) in [6, 6.07) is 17.3. The van der Waals surface area contributed by atoms with Crippen LogP contribution in [0.25, 0.3) is 33.3 Å². The van der Waals surface area contributed by atoms with Crippen molar-refractivity contribution >= 4 is 22.6 Å². The van der Waals surface area contributed by atoms with Crippen LogP contribution < -0.4 is 10.1 Å². The maximum absolute atomic E-state index is 12.0. The average Bonchev–Trinajstić information content (AvgIpc) is 2.81. The second kappa shape index (κ2) is 8.81. The Morgan fingerprint density at radius 3 is 2.26 bits per heavy atom. The van der Waals surface area contributed by atoms with Crippen LogP contribution in [0.3, 0.4) is 0 Å². The largest absolute Gasteiger partial charge is 0.494 e. The van der Waals surface area contributed by atoms with Gasteiger partial charge >= 0.3 is 5.97 Å². The van der Waals surface area contributed by atoms with E-state index in [4.69, 9.17) is 9.84 Å². The molecule has 0 aliphatic carbocycles. The van der Waals surface area contributed by atoms with Gasteiger partial charge in [-0.05, 0) is 29.3 Å². The molecular formula is C24H21N3O4. The van der Waals surface area contributed by atoms with Crippen LogP contribution in [0.5, 0.6) is 5.75 Å². The second-order valence-corrected chi connectivity index (χ2v) is 6.87. The molecule has 2 aromatic heterocycles. The summed E-state index contributed by atoms with van der Waals surface area (Å²) in [6.07, 6.45) is 3.07. The number of hydrogen-bond acceptors (Lipinski definition) is 6. The van der Waals surface area contributed by atoms with E-state index in [2.05, 4.69) is 15.3 Å². The maximum atomic E-state index is 12.0. The molecule has 3 N–H and O–H groups in total. The minimum absolute atomic E-state index is 0.0469. The van der Waals surface area contributed by atoms with Crippen LogP contribution in [0, 0.1) is 0 Å². The number of nitrogens with zero attached hydrogens (tertiary/aromatic N) is 2. The number of ether oxygens (including phenoxy) is 1. The Kier molecular flexibility index (Phi) is 5.77. The van der Waals surface area contributed by atoms with E-state index in [0.29, 0.717) is 23.1 Å². The summed E-state index contributed by atoms with van der Waals surface area (Å²) >= 11 is 0. The lowest BCUT2D eigenvalue weighted by Crippen LogP contribution is -2.05. The van der Waals surface area contributed by atoms with Crippen molar-refractivity contribution < 1.29 is 19.7 Å². The van der Waals surface area contributed by atoms with Crippen molar-refractivity contribution in [3.8, 4) is 28.1 Å². The first-order valence-electron chi connectivity index (χ1n) is 9.73. The monoisotopic (exact) mass is 415 g/mol. The number of carbonyl (C=O) groups is 1. The van der Waals surface area contributed by atoms with Crippen LogP contribution in [0.4, 0.5) is 5.69 Å². The molecule has 0 saturated carbocycles. The SMILES string of the molecule is COc1c(-c2ccc(-c3ccc(NCCO)cc3)cc2)nc2ccncc2c1C(=O)O. The summed E-state index contributed by atoms with van der Waals surface area (Å²) in [5.41, 5.74) is 4.80. The number of benzene rings is 2. The maximum Gasteiger partial charge on any atom is 0.340 e. The Balaban J connectivity index is 1.73. The van der Waals surface area contributed by atoms with Gasteiger partial charge in [0.05, 0.1) is 19.2 Å². The Bertz CT molecular complexity index is 1220. The van der Waals surface area contributed by atoms with Crippen molar-refractivity contribution in [1.82, 2.24) is 9.97 Å². The van der Waals surface area contributed by atoms with Crippen LogP contribution >= 0.6 is 0 Å². The third-order valence-corrected chi connectivity index (χ3v) is 4.98. The number of aliphatic hydroxyl groups is 1. The molecule has 0 atom stereocenters. The molecule has 31 heavy (non-hydrogen) atoms. The molecule has 7 heteroatoms. The highest BCUT2D eigenvalue weighted by Gasteiger charge is 2.22. The van der Waals surface area contributed by atoms with Gasteiger partial charge in [0.15, 0.2) is 5.75 Å². The molecule has 7 nitrogen and oxygen atoms in total. The molecule has 2 aromatic carbocycles. The fourth-order valence-corrected chi connectivity index (χ4v) is 3.50. The first kappa shape index (κ1) is 20.3. The highest BCUT2D eigenvalue weighted by Crippen LogP contribution is 2.36. The van der Waals surface area contributed by atoms with Gasteiger partial charge in [-0.15, -0.1) is 0 Å². The number of rotatable bonds is 7. The third-order valence-electron chi connectivity index (χ3n) is 4.98. The molecule has 0 saturated heterocycles. The lowest BCUT2D eigenvalue weighted by Gasteiger charge is -2.14. The summed E-state index contributed by atoms with van der Waals surface area (Å²) in [5, 5.41) is 22.2. The van der Waals surface area contributed by atoms with Gasteiger partial charge in [-0.3, -0.25) is 4.98 Å². The van der Waals surface area contributed by atoms with Crippen LogP contribution in [-0.4, -0.2) is 46.4 Å². The van der Waals surface area contributed by atoms with Gasteiger partial charge in [0.25, 0.3) is 0 Å². The van der Waals surface area contributed by atoms with Crippen molar-refractivity contribution in [3.63, 3.8) is 0 Å².